The van der Waals surface area contributed by atoms with Gasteiger partial charge in [-0.1, -0.05) is 11.6 Å². The highest BCUT2D eigenvalue weighted by atomic mass is 35.5. The van der Waals surface area contributed by atoms with E-state index in [0.29, 0.717) is 17.2 Å². The average molecular weight is 288 g/mol. The molecule has 98 valence electrons. The van der Waals surface area contributed by atoms with Crippen LogP contribution in [0.3, 0.4) is 0 Å². The van der Waals surface area contributed by atoms with Gasteiger partial charge in [-0.2, -0.15) is 9.64 Å². The second kappa shape index (κ2) is 6.57. The van der Waals surface area contributed by atoms with Crippen LogP contribution in [0.2, 0.25) is 5.15 Å². The molecule has 1 atom stereocenters. The zero-order valence-corrected chi connectivity index (χ0v) is 12.0. The quantitative estimate of drug-likeness (QED) is 0.778. The van der Waals surface area contributed by atoms with Crippen molar-refractivity contribution >= 4 is 34.1 Å². The standard InChI is InChI=1S/C11H14ClN3O2S/c1-4-17-9(16)5-7(2)15(3)11-8(6-13)10(12)14-18-11/h7H,4-5H2,1-3H3. The molecule has 1 unspecified atom stereocenters. The number of nitriles is 1. The van der Waals surface area contributed by atoms with Crippen LogP contribution in [0.25, 0.3) is 0 Å². The van der Waals surface area contributed by atoms with Gasteiger partial charge in [0.1, 0.15) is 16.6 Å². The van der Waals surface area contributed by atoms with Gasteiger partial charge in [-0.05, 0) is 25.4 Å². The molecule has 1 heterocycles. The number of rotatable bonds is 5. The first-order valence-electron chi connectivity index (χ1n) is 5.45. The monoisotopic (exact) mass is 287 g/mol. The first kappa shape index (κ1) is 14.7. The summed E-state index contributed by atoms with van der Waals surface area (Å²) in [5, 5.41) is 9.87. The third kappa shape index (κ3) is 3.34. The summed E-state index contributed by atoms with van der Waals surface area (Å²) in [6, 6.07) is 1.93. The van der Waals surface area contributed by atoms with Gasteiger partial charge in [-0.25, -0.2) is 0 Å². The normalized spacial score (nSPS) is 11.7. The van der Waals surface area contributed by atoms with E-state index in [-0.39, 0.29) is 23.6 Å². The van der Waals surface area contributed by atoms with Crippen molar-refractivity contribution in [1.29, 1.82) is 5.26 Å². The Hall–Kier alpha value is -1.32. The summed E-state index contributed by atoms with van der Waals surface area (Å²) in [6.45, 7) is 4.01. The van der Waals surface area contributed by atoms with Gasteiger partial charge >= 0.3 is 5.97 Å². The third-order valence-electron chi connectivity index (χ3n) is 2.49. The second-order valence-electron chi connectivity index (χ2n) is 3.73. The molecule has 0 saturated heterocycles. The molecule has 0 aliphatic rings. The largest absolute Gasteiger partial charge is 0.466 e. The van der Waals surface area contributed by atoms with Gasteiger partial charge < -0.3 is 9.64 Å². The van der Waals surface area contributed by atoms with Crippen molar-refractivity contribution in [2.24, 2.45) is 0 Å². The molecule has 0 N–H and O–H groups in total. The molecule has 0 bridgehead atoms. The molecule has 0 aliphatic carbocycles. The van der Waals surface area contributed by atoms with Crippen molar-refractivity contribution in [2.75, 3.05) is 18.6 Å². The minimum atomic E-state index is -0.258. The van der Waals surface area contributed by atoms with Crippen LogP contribution >= 0.6 is 23.1 Å². The fourth-order valence-electron chi connectivity index (χ4n) is 1.40. The van der Waals surface area contributed by atoms with Gasteiger partial charge in [0.25, 0.3) is 0 Å². The van der Waals surface area contributed by atoms with E-state index in [1.54, 1.807) is 14.0 Å². The zero-order chi connectivity index (χ0) is 13.7. The molecule has 0 amide bonds. The van der Waals surface area contributed by atoms with Gasteiger partial charge in [0, 0.05) is 13.1 Å². The van der Waals surface area contributed by atoms with Crippen LogP contribution in [0.5, 0.6) is 0 Å². The molecule has 0 fully saturated rings. The smallest absolute Gasteiger partial charge is 0.307 e. The van der Waals surface area contributed by atoms with E-state index in [1.165, 1.54) is 0 Å². The maximum absolute atomic E-state index is 11.4. The van der Waals surface area contributed by atoms with Crippen molar-refractivity contribution in [2.45, 2.75) is 26.3 Å². The van der Waals surface area contributed by atoms with Crippen molar-refractivity contribution < 1.29 is 9.53 Å². The first-order chi connectivity index (χ1) is 8.51. The molecular weight excluding hydrogens is 274 g/mol. The molecule has 0 radical (unpaired) electrons. The lowest BCUT2D eigenvalue weighted by molar-refractivity contribution is -0.143. The molecule has 0 saturated carbocycles. The van der Waals surface area contributed by atoms with Crippen LogP contribution in [-0.2, 0) is 9.53 Å². The SMILES string of the molecule is CCOC(=O)CC(C)N(C)c1snc(Cl)c1C#N. The van der Waals surface area contributed by atoms with E-state index in [2.05, 4.69) is 4.37 Å². The summed E-state index contributed by atoms with van der Waals surface area (Å²) in [6.07, 6.45) is 0.255. The Kier molecular flexibility index (Phi) is 5.38. The average Bonchev–Trinajstić information content (AvgIpc) is 2.69. The van der Waals surface area contributed by atoms with Gasteiger partial charge in [-0.3, -0.25) is 4.79 Å². The molecule has 1 rings (SSSR count). The van der Waals surface area contributed by atoms with Crippen LogP contribution < -0.4 is 4.90 Å². The molecule has 0 spiro atoms. The van der Waals surface area contributed by atoms with Crippen LogP contribution in [0.1, 0.15) is 25.8 Å². The topological polar surface area (TPSA) is 66.2 Å². The molecular formula is C11H14ClN3O2S. The highest BCUT2D eigenvalue weighted by molar-refractivity contribution is 7.10. The van der Waals surface area contributed by atoms with Crippen LogP contribution in [0.15, 0.2) is 0 Å². The number of aromatic nitrogens is 1. The van der Waals surface area contributed by atoms with E-state index in [9.17, 15) is 4.79 Å². The number of hydrogen-bond donors (Lipinski definition) is 0. The van der Waals surface area contributed by atoms with E-state index in [0.717, 1.165) is 11.5 Å². The Morgan fingerprint density at radius 1 is 1.72 bits per heavy atom. The highest BCUT2D eigenvalue weighted by Crippen LogP contribution is 2.31. The summed E-state index contributed by atoms with van der Waals surface area (Å²) < 4.78 is 8.82. The minimum Gasteiger partial charge on any atom is -0.466 e. The molecule has 18 heavy (non-hydrogen) atoms. The molecule has 1 aromatic heterocycles. The Morgan fingerprint density at radius 2 is 2.39 bits per heavy atom. The fraction of sp³-hybridized carbons (Fsp3) is 0.545. The number of nitrogens with zero attached hydrogens (tertiary/aromatic N) is 3. The predicted molar refractivity (Wildman–Crippen MR) is 71.0 cm³/mol. The van der Waals surface area contributed by atoms with Crippen LogP contribution in [0.4, 0.5) is 5.00 Å². The number of hydrogen-bond acceptors (Lipinski definition) is 6. The summed E-state index contributed by atoms with van der Waals surface area (Å²) in [7, 11) is 1.80. The van der Waals surface area contributed by atoms with Gasteiger partial charge in [0.2, 0.25) is 0 Å². The minimum absolute atomic E-state index is 0.0901. The highest BCUT2D eigenvalue weighted by Gasteiger charge is 2.21. The van der Waals surface area contributed by atoms with Gasteiger partial charge in [-0.15, -0.1) is 0 Å². The fourth-order valence-corrected chi connectivity index (χ4v) is 2.49. The predicted octanol–water partition coefficient (Wildman–Crippen LogP) is 2.45. The number of ether oxygens (including phenoxy) is 1. The zero-order valence-electron chi connectivity index (χ0n) is 10.4. The molecule has 7 heteroatoms. The number of anilines is 1. The number of carbonyl (C=O) groups is 1. The first-order valence-corrected chi connectivity index (χ1v) is 6.60. The second-order valence-corrected chi connectivity index (χ2v) is 4.84. The van der Waals surface area contributed by atoms with Crippen LogP contribution in [-0.4, -0.2) is 30.0 Å². The van der Waals surface area contributed by atoms with Crippen molar-refractivity contribution in [3.8, 4) is 6.07 Å². The third-order valence-corrected chi connectivity index (χ3v) is 3.81. The van der Waals surface area contributed by atoms with E-state index >= 15 is 0 Å². The van der Waals surface area contributed by atoms with Gasteiger partial charge in [0.15, 0.2) is 5.15 Å². The van der Waals surface area contributed by atoms with E-state index in [4.69, 9.17) is 21.6 Å². The van der Waals surface area contributed by atoms with Crippen molar-refractivity contribution in [3.05, 3.63) is 10.7 Å². The summed E-state index contributed by atoms with van der Waals surface area (Å²) in [4.78, 5) is 13.2. The maximum Gasteiger partial charge on any atom is 0.307 e. The van der Waals surface area contributed by atoms with E-state index in [1.807, 2.05) is 17.9 Å². The Balaban J connectivity index is 2.77. The number of esters is 1. The molecule has 0 aromatic carbocycles. The van der Waals surface area contributed by atoms with Crippen molar-refractivity contribution in [1.82, 2.24) is 4.37 Å². The summed E-state index contributed by atoms with van der Waals surface area (Å²) >= 11 is 6.95. The molecule has 0 aliphatic heterocycles. The maximum atomic E-state index is 11.4. The lowest BCUT2D eigenvalue weighted by atomic mass is 10.2. The molecule has 1 aromatic rings. The lowest BCUT2D eigenvalue weighted by Crippen LogP contribution is -2.31. The Morgan fingerprint density at radius 3 is 2.94 bits per heavy atom. The summed E-state index contributed by atoms with van der Waals surface area (Å²) in [5.41, 5.74) is 0.347. The Bertz CT molecular complexity index is 469. The van der Waals surface area contributed by atoms with Crippen LogP contribution in [0, 0.1) is 11.3 Å². The van der Waals surface area contributed by atoms with E-state index < -0.39 is 0 Å². The summed E-state index contributed by atoms with van der Waals surface area (Å²) in [5.74, 6) is -0.258. The number of halogens is 1. The number of carbonyl (C=O) groups excluding carboxylic acids is 1. The van der Waals surface area contributed by atoms with Crippen molar-refractivity contribution in [3.63, 3.8) is 0 Å². The van der Waals surface area contributed by atoms with Gasteiger partial charge in [0.05, 0.1) is 13.0 Å². The Labute approximate surface area is 115 Å². The lowest BCUT2D eigenvalue weighted by Gasteiger charge is -2.24. The molecule has 5 nitrogen and oxygen atoms in total.